The summed E-state index contributed by atoms with van der Waals surface area (Å²) in [6.45, 7) is 2.05. The van der Waals surface area contributed by atoms with Gasteiger partial charge in [-0.05, 0) is 36.6 Å². The molecule has 0 spiro atoms. The number of anilines is 1. The zero-order valence-corrected chi connectivity index (χ0v) is 16.4. The SMILES string of the molecule is Cc1ccc(N[C@@H]2c3ccc4ccccc4c3OP2(=O)c2ccccc2)cc1. The highest BCUT2D eigenvalue weighted by atomic mass is 31.2. The van der Waals surface area contributed by atoms with E-state index in [1.165, 1.54) is 5.56 Å². The maximum Gasteiger partial charge on any atom is 0.303 e. The molecule has 1 aliphatic rings. The van der Waals surface area contributed by atoms with E-state index in [4.69, 9.17) is 4.52 Å². The lowest BCUT2D eigenvalue weighted by Crippen LogP contribution is -2.16. The van der Waals surface area contributed by atoms with Crippen LogP contribution in [0.2, 0.25) is 0 Å². The van der Waals surface area contributed by atoms with Crippen LogP contribution in [0.15, 0.2) is 91.0 Å². The summed E-state index contributed by atoms with van der Waals surface area (Å²) in [6.07, 6.45) is 0. The summed E-state index contributed by atoms with van der Waals surface area (Å²) in [4.78, 5) is 0. The van der Waals surface area contributed by atoms with E-state index in [1.807, 2.05) is 84.9 Å². The maximum atomic E-state index is 14.2. The van der Waals surface area contributed by atoms with Gasteiger partial charge in [0.1, 0.15) is 11.5 Å². The van der Waals surface area contributed by atoms with E-state index in [0.29, 0.717) is 0 Å². The van der Waals surface area contributed by atoms with Crippen LogP contribution >= 0.6 is 7.37 Å². The van der Waals surface area contributed by atoms with Crippen molar-refractivity contribution in [3.05, 3.63) is 102 Å². The van der Waals surface area contributed by atoms with Gasteiger partial charge in [0.05, 0.1) is 5.30 Å². The molecule has 1 aliphatic heterocycles. The summed E-state index contributed by atoms with van der Waals surface area (Å²) >= 11 is 0. The van der Waals surface area contributed by atoms with Crippen molar-refractivity contribution in [2.45, 2.75) is 12.7 Å². The number of aryl methyl sites for hydroxylation is 1. The Bertz CT molecular complexity index is 1200. The van der Waals surface area contributed by atoms with Gasteiger partial charge in [0.15, 0.2) is 0 Å². The van der Waals surface area contributed by atoms with Crippen molar-refractivity contribution in [2.75, 3.05) is 5.32 Å². The number of hydrogen-bond donors (Lipinski definition) is 1. The zero-order chi connectivity index (χ0) is 19.1. The number of benzene rings is 4. The van der Waals surface area contributed by atoms with Crippen molar-refractivity contribution in [1.29, 1.82) is 0 Å². The number of fused-ring (bicyclic) bond motifs is 3. The minimum absolute atomic E-state index is 0.433. The van der Waals surface area contributed by atoms with Crippen LogP contribution in [-0.4, -0.2) is 0 Å². The number of rotatable bonds is 3. The molecule has 0 fully saturated rings. The normalized spacial score (nSPS) is 20.5. The minimum atomic E-state index is -3.21. The average Bonchev–Trinajstić information content (AvgIpc) is 3.03. The highest BCUT2D eigenvalue weighted by Gasteiger charge is 2.46. The molecule has 0 amide bonds. The molecule has 5 rings (SSSR count). The van der Waals surface area contributed by atoms with Crippen molar-refractivity contribution in [3.8, 4) is 5.75 Å². The molecule has 0 saturated carbocycles. The molecule has 28 heavy (non-hydrogen) atoms. The predicted molar refractivity (Wildman–Crippen MR) is 116 cm³/mol. The van der Waals surface area contributed by atoms with Crippen molar-refractivity contribution >= 4 is 29.1 Å². The Hall–Kier alpha value is -3.03. The summed E-state index contributed by atoms with van der Waals surface area (Å²) in [6, 6.07) is 29.8. The summed E-state index contributed by atoms with van der Waals surface area (Å²) in [5.41, 5.74) is 3.05. The van der Waals surface area contributed by atoms with Crippen molar-refractivity contribution in [1.82, 2.24) is 0 Å². The Morgan fingerprint density at radius 1 is 0.821 bits per heavy atom. The molecule has 0 bridgehead atoms. The van der Waals surface area contributed by atoms with E-state index in [2.05, 4.69) is 18.3 Å². The number of hydrogen-bond acceptors (Lipinski definition) is 3. The molecule has 4 heteroatoms. The van der Waals surface area contributed by atoms with E-state index in [0.717, 1.165) is 33.1 Å². The first-order chi connectivity index (χ1) is 13.6. The molecule has 1 heterocycles. The molecule has 4 aromatic carbocycles. The number of nitrogens with one attached hydrogen (secondary N) is 1. The first-order valence-corrected chi connectivity index (χ1v) is 11.0. The Balaban J connectivity index is 1.69. The fourth-order valence-corrected chi connectivity index (χ4v) is 6.22. The highest BCUT2D eigenvalue weighted by Crippen LogP contribution is 2.66. The molecule has 138 valence electrons. The van der Waals surface area contributed by atoms with Crippen LogP contribution in [0, 0.1) is 6.92 Å². The first-order valence-electron chi connectivity index (χ1n) is 9.35. The topological polar surface area (TPSA) is 38.3 Å². The molecule has 0 saturated heterocycles. The van der Waals surface area contributed by atoms with Gasteiger partial charge in [0.25, 0.3) is 0 Å². The van der Waals surface area contributed by atoms with Crippen LogP contribution in [0.3, 0.4) is 0 Å². The minimum Gasteiger partial charge on any atom is -0.437 e. The molecular formula is C24H20NO2P. The molecule has 1 N–H and O–H groups in total. The zero-order valence-electron chi connectivity index (χ0n) is 15.5. The molecule has 0 radical (unpaired) electrons. The Morgan fingerprint density at radius 3 is 2.32 bits per heavy atom. The van der Waals surface area contributed by atoms with Crippen LogP contribution in [0.25, 0.3) is 10.8 Å². The van der Waals surface area contributed by atoms with Gasteiger partial charge >= 0.3 is 7.37 Å². The van der Waals surface area contributed by atoms with Crippen molar-refractivity contribution in [2.24, 2.45) is 0 Å². The average molecular weight is 385 g/mol. The standard InChI is InChI=1S/C24H20NO2P/c1-17-11-14-19(15-12-17)25-24-22-16-13-18-7-5-6-10-21(18)23(22)27-28(24,26)20-8-3-2-4-9-20/h2-16,24-25H,1H3/t24-,28?/m0/s1. The van der Waals surface area contributed by atoms with Gasteiger partial charge in [-0.2, -0.15) is 0 Å². The summed E-state index contributed by atoms with van der Waals surface area (Å²) in [7, 11) is -3.21. The van der Waals surface area contributed by atoms with Crippen molar-refractivity contribution < 1.29 is 9.09 Å². The third-order valence-corrected chi connectivity index (χ3v) is 7.80. The van der Waals surface area contributed by atoms with Crippen LogP contribution < -0.4 is 15.1 Å². The molecule has 0 aliphatic carbocycles. The molecule has 4 aromatic rings. The molecule has 0 aromatic heterocycles. The van der Waals surface area contributed by atoms with E-state index >= 15 is 0 Å². The van der Waals surface area contributed by atoms with Crippen LogP contribution in [0.1, 0.15) is 16.9 Å². The van der Waals surface area contributed by atoms with Crippen LogP contribution in [-0.2, 0) is 4.57 Å². The van der Waals surface area contributed by atoms with Gasteiger partial charge in [-0.1, -0.05) is 72.3 Å². The Kier molecular flexibility index (Phi) is 3.99. The predicted octanol–water partition coefficient (Wildman–Crippen LogP) is 6.25. The maximum absolute atomic E-state index is 14.2. The van der Waals surface area contributed by atoms with E-state index in [1.54, 1.807) is 0 Å². The second kappa shape index (κ2) is 6.54. The van der Waals surface area contributed by atoms with Gasteiger partial charge in [-0.3, -0.25) is 4.57 Å². The molecule has 2 atom stereocenters. The molecule has 3 nitrogen and oxygen atoms in total. The highest BCUT2D eigenvalue weighted by molar-refractivity contribution is 7.68. The lowest BCUT2D eigenvalue weighted by Gasteiger charge is -2.22. The molecular weight excluding hydrogens is 365 g/mol. The van der Waals surface area contributed by atoms with Gasteiger partial charge < -0.3 is 9.84 Å². The second-order valence-electron chi connectivity index (χ2n) is 7.14. The van der Waals surface area contributed by atoms with Crippen molar-refractivity contribution in [3.63, 3.8) is 0 Å². The largest absolute Gasteiger partial charge is 0.437 e. The third kappa shape index (κ3) is 2.71. The summed E-state index contributed by atoms with van der Waals surface area (Å²) in [5, 5.41) is 6.28. The second-order valence-corrected chi connectivity index (χ2v) is 9.55. The van der Waals surface area contributed by atoms with Crippen LogP contribution in [0.4, 0.5) is 5.69 Å². The third-order valence-electron chi connectivity index (χ3n) is 5.24. The van der Waals surface area contributed by atoms with Gasteiger partial charge in [0.2, 0.25) is 0 Å². The van der Waals surface area contributed by atoms with Gasteiger partial charge in [0, 0.05) is 16.6 Å². The van der Waals surface area contributed by atoms with Gasteiger partial charge in [-0.25, -0.2) is 0 Å². The van der Waals surface area contributed by atoms with Crippen LogP contribution in [0.5, 0.6) is 5.75 Å². The quantitative estimate of drug-likeness (QED) is 0.423. The molecule has 1 unspecified atom stereocenters. The smallest absolute Gasteiger partial charge is 0.303 e. The van der Waals surface area contributed by atoms with E-state index < -0.39 is 13.2 Å². The lowest BCUT2D eigenvalue weighted by atomic mass is 10.1. The summed E-state index contributed by atoms with van der Waals surface area (Å²) < 4.78 is 20.5. The van der Waals surface area contributed by atoms with E-state index in [9.17, 15) is 4.57 Å². The lowest BCUT2D eigenvalue weighted by molar-refractivity contribution is 0.503. The van der Waals surface area contributed by atoms with Gasteiger partial charge in [-0.15, -0.1) is 0 Å². The first kappa shape index (κ1) is 17.1. The Morgan fingerprint density at radius 2 is 1.54 bits per heavy atom. The fourth-order valence-electron chi connectivity index (χ4n) is 3.76. The Labute approximate surface area is 164 Å². The summed E-state index contributed by atoms with van der Waals surface area (Å²) in [5.74, 6) is 0.284. The monoisotopic (exact) mass is 385 g/mol. The van der Waals surface area contributed by atoms with E-state index in [-0.39, 0.29) is 0 Å². The fraction of sp³-hybridized carbons (Fsp3) is 0.0833.